The van der Waals surface area contributed by atoms with E-state index < -0.39 is 6.23 Å². The van der Waals surface area contributed by atoms with E-state index >= 15 is 0 Å². The summed E-state index contributed by atoms with van der Waals surface area (Å²) in [5.41, 5.74) is 0.496. The van der Waals surface area contributed by atoms with Crippen LogP contribution in [0.3, 0.4) is 0 Å². The largest absolute Gasteiger partial charge is 0.368 e. The van der Waals surface area contributed by atoms with Gasteiger partial charge < -0.3 is 10.0 Å². The molecule has 0 aliphatic carbocycles. The van der Waals surface area contributed by atoms with Gasteiger partial charge in [0.2, 0.25) is 0 Å². The molecule has 0 aromatic carbocycles. The van der Waals surface area contributed by atoms with E-state index in [-0.39, 0.29) is 0 Å². The van der Waals surface area contributed by atoms with Crippen LogP contribution in [0.25, 0.3) is 0 Å². The minimum atomic E-state index is -0.675. The highest BCUT2D eigenvalue weighted by atomic mass is 16.3. The van der Waals surface area contributed by atoms with Gasteiger partial charge in [-0.1, -0.05) is 12.7 Å². The van der Waals surface area contributed by atoms with Crippen molar-refractivity contribution in [2.75, 3.05) is 0 Å². The Kier molecular flexibility index (Phi) is 1.20. The van der Waals surface area contributed by atoms with E-state index in [2.05, 4.69) is 11.6 Å². The van der Waals surface area contributed by atoms with Gasteiger partial charge in [-0.25, -0.2) is 4.99 Å². The van der Waals surface area contributed by atoms with Gasteiger partial charge >= 0.3 is 0 Å². The third-order valence-corrected chi connectivity index (χ3v) is 1.69. The Morgan fingerprint density at radius 1 is 1.55 bits per heavy atom. The second-order valence-electron chi connectivity index (χ2n) is 2.44. The molecule has 0 radical (unpaired) electrons. The SMILES string of the molecule is C=C1N=C2C=CC=CN2C1O. The second kappa shape index (κ2) is 2.07. The smallest absolute Gasteiger partial charge is 0.174 e. The van der Waals surface area contributed by atoms with Crippen LogP contribution < -0.4 is 0 Å². The molecule has 0 bridgehead atoms. The average molecular weight is 148 g/mol. The number of allylic oxidation sites excluding steroid dienone is 2. The van der Waals surface area contributed by atoms with Crippen LogP contribution in [0.2, 0.25) is 0 Å². The van der Waals surface area contributed by atoms with Gasteiger partial charge in [-0.05, 0) is 12.2 Å². The van der Waals surface area contributed by atoms with Gasteiger partial charge in [-0.15, -0.1) is 0 Å². The molecule has 2 aliphatic heterocycles. The minimum Gasteiger partial charge on any atom is -0.368 e. The molecule has 56 valence electrons. The molecule has 2 rings (SSSR count). The van der Waals surface area contributed by atoms with Gasteiger partial charge in [0.05, 0.1) is 5.70 Å². The van der Waals surface area contributed by atoms with Crippen molar-refractivity contribution in [3.63, 3.8) is 0 Å². The van der Waals surface area contributed by atoms with Crippen molar-refractivity contribution in [3.8, 4) is 0 Å². The van der Waals surface area contributed by atoms with Gasteiger partial charge in [0.25, 0.3) is 0 Å². The maximum Gasteiger partial charge on any atom is 0.174 e. The average Bonchev–Trinajstić information content (AvgIpc) is 2.30. The van der Waals surface area contributed by atoms with E-state index in [0.29, 0.717) is 5.70 Å². The highest BCUT2D eigenvalue weighted by molar-refractivity contribution is 5.97. The molecule has 0 saturated heterocycles. The quantitative estimate of drug-likeness (QED) is 0.546. The summed E-state index contributed by atoms with van der Waals surface area (Å²) in [5.74, 6) is 0.755. The highest BCUT2D eigenvalue weighted by Gasteiger charge is 2.26. The number of hydrogen-bond donors (Lipinski definition) is 1. The normalized spacial score (nSPS) is 27.4. The topological polar surface area (TPSA) is 35.8 Å². The molecule has 1 unspecified atom stereocenters. The molecular formula is C8H8N2O. The van der Waals surface area contributed by atoms with Crippen molar-refractivity contribution in [2.24, 2.45) is 4.99 Å². The first-order valence-corrected chi connectivity index (χ1v) is 3.38. The van der Waals surface area contributed by atoms with E-state index in [1.807, 2.05) is 18.2 Å². The highest BCUT2D eigenvalue weighted by Crippen LogP contribution is 2.20. The summed E-state index contributed by atoms with van der Waals surface area (Å²) in [7, 11) is 0. The van der Waals surface area contributed by atoms with Crippen LogP contribution in [-0.2, 0) is 0 Å². The number of aliphatic hydroxyl groups is 1. The Bertz CT molecular complexity index is 288. The van der Waals surface area contributed by atoms with E-state index in [9.17, 15) is 5.11 Å². The Balaban J connectivity index is 2.40. The molecule has 0 aromatic heterocycles. The van der Waals surface area contributed by atoms with Crippen molar-refractivity contribution in [2.45, 2.75) is 6.23 Å². The number of amidine groups is 1. The van der Waals surface area contributed by atoms with Gasteiger partial charge in [0.1, 0.15) is 5.84 Å². The number of nitrogens with zero attached hydrogens (tertiary/aromatic N) is 2. The molecule has 0 saturated carbocycles. The van der Waals surface area contributed by atoms with Crippen molar-refractivity contribution in [1.82, 2.24) is 4.90 Å². The summed E-state index contributed by atoms with van der Waals surface area (Å²) in [6.45, 7) is 3.61. The Labute approximate surface area is 64.7 Å². The lowest BCUT2D eigenvalue weighted by Gasteiger charge is -2.19. The molecule has 0 aromatic rings. The molecule has 1 N–H and O–H groups in total. The Hall–Kier alpha value is -1.35. The number of hydrogen-bond acceptors (Lipinski definition) is 3. The van der Waals surface area contributed by atoms with Crippen molar-refractivity contribution < 1.29 is 5.11 Å². The summed E-state index contributed by atoms with van der Waals surface area (Å²) in [4.78, 5) is 5.72. The summed E-state index contributed by atoms with van der Waals surface area (Å²) in [6.07, 6.45) is 6.66. The maximum absolute atomic E-state index is 9.42. The van der Waals surface area contributed by atoms with Crippen molar-refractivity contribution in [1.29, 1.82) is 0 Å². The monoisotopic (exact) mass is 148 g/mol. The number of aliphatic hydroxyl groups excluding tert-OH is 1. The van der Waals surface area contributed by atoms with Crippen molar-refractivity contribution in [3.05, 3.63) is 36.7 Å². The first kappa shape index (κ1) is 6.37. The lowest BCUT2D eigenvalue weighted by Crippen LogP contribution is -2.30. The van der Waals surface area contributed by atoms with Crippen LogP contribution >= 0.6 is 0 Å². The second-order valence-corrected chi connectivity index (χ2v) is 2.44. The Morgan fingerprint density at radius 2 is 2.36 bits per heavy atom. The molecule has 0 spiro atoms. The molecule has 11 heavy (non-hydrogen) atoms. The lowest BCUT2D eigenvalue weighted by atomic mass is 10.3. The molecule has 2 heterocycles. The zero-order valence-electron chi connectivity index (χ0n) is 5.94. The fraction of sp³-hybridized carbons (Fsp3) is 0.125. The summed E-state index contributed by atoms with van der Waals surface area (Å²) in [6, 6.07) is 0. The summed E-state index contributed by atoms with van der Waals surface area (Å²) in [5, 5.41) is 9.42. The third kappa shape index (κ3) is 0.816. The summed E-state index contributed by atoms with van der Waals surface area (Å²) >= 11 is 0. The van der Waals surface area contributed by atoms with Gasteiger partial charge in [0, 0.05) is 6.20 Å². The third-order valence-electron chi connectivity index (χ3n) is 1.69. The van der Waals surface area contributed by atoms with Crippen LogP contribution in [0.4, 0.5) is 0 Å². The van der Waals surface area contributed by atoms with Crippen LogP contribution in [0, 0.1) is 0 Å². The lowest BCUT2D eigenvalue weighted by molar-refractivity contribution is 0.127. The molecule has 0 fully saturated rings. The van der Waals surface area contributed by atoms with Crippen LogP contribution in [0.1, 0.15) is 0 Å². The van der Waals surface area contributed by atoms with Crippen LogP contribution in [0.15, 0.2) is 41.7 Å². The number of aliphatic imine (C=N–C) groups is 1. The zero-order chi connectivity index (χ0) is 7.84. The number of fused-ring (bicyclic) bond motifs is 1. The predicted molar refractivity (Wildman–Crippen MR) is 42.7 cm³/mol. The van der Waals surface area contributed by atoms with Crippen LogP contribution in [0.5, 0.6) is 0 Å². The first-order valence-electron chi connectivity index (χ1n) is 3.38. The number of rotatable bonds is 0. The molecule has 0 amide bonds. The van der Waals surface area contributed by atoms with Crippen molar-refractivity contribution >= 4 is 5.84 Å². The zero-order valence-corrected chi connectivity index (χ0v) is 5.94. The first-order chi connectivity index (χ1) is 5.29. The fourth-order valence-corrected chi connectivity index (χ4v) is 1.11. The summed E-state index contributed by atoms with van der Waals surface area (Å²) < 4.78 is 0. The molecule has 3 nitrogen and oxygen atoms in total. The van der Waals surface area contributed by atoms with E-state index in [0.717, 1.165) is 5.84 Å². The predicted octanol–water partition coefficient (Wildman–Crippen LogP) is 0.616. The minimum absolute atomic E-state index is 0.496. The maximum atomic E-state index is 9.42. The fourth-order valence-electron chi connectivity index (χ4n) is 1.11. The van der Waals surface area contributed by atoms with E-state index in [1.165, 1.54) is 0 Å². The van der Waals surface area contributed by atoms with Crippen LogP contribution in [-0.4, -0.2) is 22.1 Å². The molecule has 2 aliphatic rings. The van der Waals surface area contributed by atoms with Gasteiger partial charge in [-0.3, -0.25) is 0 Å². The standard InChI is InChI=1S/C8H8N2O/c1-6-8(11)10-5-3-2-4-7(10)9-6/h2-5,8,11H,1H2. The van der Waals surface area contributed by atoms with E-state index in [1.54, 1.807) is 11.1 Å². The van der Waals surface area contributed by atoms with Gasteiger partial charge in [-0.2, -0.15) is 0 Å². The molecule has 3 heteroatoms. The molecule has 1 atom stereocenters. The van der Waals surface area contributed by atoms with E-state index in [4.69, 9.17) is 0 Å². The Morgan fingerprint density at radius 3 is 3.09 bits per heavy atom. The van der Waals surface area contributed by atoms with Gasteiger partial charge in [0.15, 0.2) is 6.23 Å². The molecular weight excluding hydrogens is 140 g/mol.